The van der Waals surface area contributed by atoms with Crippen molar-refractivity contribution in [2.75, 3.05) is 13.1 Å². The summed E-state index contributed by atoms with van der Waals surface area (Å²) < 4.78 is 0. The Bertz CT molecular complexity index is 365. The molecule has 1 atom stereocenters. The zero-order chi connectivity index (χ0) is 15.1. The van der Waals surface area contributed by atoms with Crippen molar-refractivity contribution in [3.63, 3.8) is 0 Å². The summed E-state index contributed by atoms with van der Waals surface area (Å²) in [6.07, 6.45) is 2.63. The second-order valence-electron chi connectivity index (χ2n) is 5.38. The van der Waals surface area contributed by atoms with Crippen LogP contribution < -0.4 is 11.1 Å². The van der Waals surface area contributed by atoms with Crippen LogP contribution in [0.1, 0.15) is 39.0 Å². The third-order valence-electron chi connectivity index (χ3n) is 3.55. The molecule has 1 fully saturated rings. The number of hydrogen-bond donors (Lipinski definition) is 3. The van der Waals surface area contributed by atoms with Gasteiger partial charge in [0.1, 0.15) is 0 Å². The first-order chi connectivity index (χ1) is 9.38. The number of carboxylic acids is 1. The first kappa shape index (κ1) is 16.3. The van der Waals surface area contributed by atoms with Crippen molar-refractivity contribution >= 4 is 17.9 Å². The van der Waals surface area contributed by atoms with Crippen molar-refractivity contribution in [2.24, 2.45) is 11.7 Å². The highest BCUT2D eigenvalue weighted by Gasteiger charge is 2.24. The first-order valence-corrected chi connectivity index (χ1v) is 6.94. The molecule has 7 heteroatoms. The van der Waals surface area contributed by atoms with Gasteiger partial charge in [-0.25, -0.2) is 4.79 Å². The Balaban J connectivity index is 2.28. The van der Waals surface area contributed by atoms with Crippen molar-refractivity contribution in [1.82, 2.24) is 10.2 Å². The van der Waals surface area contributed by atoms with Gasteiger partial charge in [-0.3, -0.25) is 9.59 Å². The smallest absolute Gasteiger partial charge is 0.317 e. The normalized spacial score (nSPS) is 17.6. The molecule has 0 saturated carbocycles. The number of carboxylic acid groups (broad SMARTS) is 1. The van der Waals surface area contributed by atoms with Gasteiger partial charge in [0.25, 0.3) is 0 Å². The highest BCUT2D eigenvalue weighted by atomic mass is 16.4. The maximum absolute atomic E-state index is 11.9. The van der Waals surface area contributed by atoms with Crippen LogP contribution >= 0.6 is 0 Å². The van der Waals surface area contributed by atoms with E-state index in [0.717, 1.165) is 12.8 Å². The van der Waals surface area contributed by atoms with Gasteiger partial charge in [-0.1, -0.05) is 0 Å². The molecule has 7 nitrogen and oxygen atoms in total. The summed E-state index contributed by atoms with van der Waals surface area (Å²) in [5, 5.41) is 11.4. The third-order valence-corrected chi connectivity index (χ3v) is 3.55. The lowest BCUT2D eigenvalue weighted by Crippen LogP contribution is -2.47. The fourth-order valence-electron chi connectivity index (χ4n) is 2.41. The van der Waals surface area contributed by atoms with Crippen molar-refractivity contribution < 1.29 is 19.5 Å². The van der Waals surface area contributed by atoms with Crippen molar-refractivity contribution in [1.29, 1.82) is 0 Å². The Morgan fingerprint density at radius 2 is 1.95 bits per heavy atom. The summed E-state index contributed by atoms with van der Waals surface area (Å²) in [6, 6.07) is -0.458. The molecule has 4 N–H and O–H groups in total. The van der Waals surface area contributed by atoms with E-state index < -0.39 is 11.9 Å². The van der Waals surface area contributed by atoms with E-state index in [0.29, 0.717) is 25.4 Å². The second kappa shape index (κ2) is 7.72. The zero-order valence-corrected chi connectivity index (χ0v) is 11.8. The lowest BCUT2D eigenvalue weighted by atomic mass is 9.92. The van der Waals surface area contributed by atoms with Crippen LogP contribution in [0.4, 0.5) is 4.79 Å². The number of likely N-dealkylation sites (tertiary alicyclic amines) is 1. The van der Waals surface area contributed by atoms with Crippen LogP contribution in [0.15, 0.2) is 0 Å². The molecule has 3 amide bonds. The van der Waals surface area contributed by atoms with Crippen LogP contribution in [0.25, 0.3) is 0 Å². The average Bonchev–Trinajstić information content (AvgIpc) is 2.35. The number of nitrogens with zero attached hydrogens (tertiary/aromatic N) is 1. The maximum Gasteiger partial charge on any atom is 0.317 e. The predicted octanol–water partition coefficient (Wildman–Crippen LogP) is 0.537. The Labute approximate surface area is 118 Å². The predicted molar refractivity (Wildman–Crippen MR) is 73.0 cm³/mol. The molecule has 0 radical (unpaired) electrons. The molecule has 1 saturated heterocycles. The van der Waals surface area contributed by atoms with Crippen molar-refractivity contribution in [3.05, 3.63) is 0 Å². The van der Waals surface area contributed by atoms with E-state index in [2.05, 4.69) is 5.32 Å². The molecule has 0 aliphatic carbocycles. The Morgan fingerprint density at radius 1 is 1.35 bits per heavy atom. The number of rotatable bonds is 6. The molecule has 0 spiro atoms. The fraction of sp³-hybridized carbons (Fsp3) is 0.769. The number of nitrogens with one attached hydrogen (secondary N) is 1. The number of carbonyl (C=O) groups excluding carboxylic acids is 2. The summed E-state index contributed by atoms with van der Waals surface area (Å²) >= 11 is 0. The summed E-state index contributed by atoms with van der Waals surface area (Å²) in [6.45, 7) is 2.99. The minimum atomic E-state index is -0.773. The number of urea groups is 1. The molecule has 1 rings (SSSR count). The van der Waals surface area contributed by atoms with Gasteiger partial charge < -0.3 is 21.1 Å². The molecule has 114 valence electrons. The van der Waals surface area contributed by atoms with Gasteiger partial charge in [0.15, 0.2) is 0 Å². The van der Waals surface area contributed by atoms with Crippen LogP contribution in [-0.2, 0) is 9.59 Å². The van der Waals surface area contributed by atoms with Gasteiger partial charge >= 0.3 is 12.0 Å². The molecule has 0 aromatic rings. The van der Waals surface area contributed by atoms with E-state index in [9.17, 15) is 14.4 Å². The Morgan fingerprint density at radius 3 is 2.45 bits per heavy atom. The number of amides is 3. The van der Waals surface area contributed by atoms with Gasteiger partial charge in [0.05, 0.1) is 0 Å². The molecular weight excluding hydrogens is 262 g/mol. The number of primary amides is 1. The Hall–Kier alpha value is -1.79. The van der Waals surface area contributed by atoms with E-state index in [1.54, 1.807) is 11.8 Å². The number of nitrogens with two attached hydrogens (primary N) is 1. The van der Waals surface area contributed by atoms with Gasteiger partial charge in [-0.05, 0) is 32.1 Å². The van der Waals surface area contributed by atoms with Gasteiger partial charge in [-0.2, -0.15) is 0 Å². The fourth-order valence-corrected chi connectivity index (χ4v) is 2.41. The molecule has 0 bridgehead atoms. The first-order valence-electron chi connectivity index (χ1n) is 6.94. The summed E-state index contributed by atoms with van der Waals surface area (Å²) in [4.78, 5) is 34.9. The molecular formula is C13H23N3O4. The summed E-state index contributed by atoms with van der Waals surface area (Å²) in [5.41, 5.74) is 5.07. The number of carbonyl (C=O) groups is 3. The van der Waals surface area contributed by atoms with Crippen LogP contribution in [0, 0.1) is 5.92 Å². The monoisotopic (exact) mass is 285 g/mol. The minimum Gasteiger partial charge on any atom is -0.481 e. The number of hydrogen-bond acceptors (Lipinski definition) is 3. The average molecular weight is 285 g/mol. The number of piperidine rings is 1. The Kier molecular flexibility index (Phi) is 6.27. The number of aliphatic carboxylic acids is 1. The lowest BCUT2D eigenvalue weighted by Gasteiger charge is -2.32. The highest BCUT2D eigenvalue weighted by molar-refractivity contribution is 5.77. The quantitative estimate of drug-likeness (QED) is 0.661. The standard InChI is InChI=1S/C13H23N3O4/c1-9(8-11(14)17)15-13(20)16-6-4-10(5-7-16)2-3-12(18)19/h9-10H,2-8H2,1H3,(H2,14,17)(H,15,20)(H,18,19). The van der Waals surface area contributed by atoms with Crippen LogP contribution in [0.5, 0.6) is 0 Å². The topological polar surface area (TPSA) is 113 Å². The summed E-state index contributed by atoms with van der Waals surface area (Å²) in [7, 11) is 0. The van der Waals surface area contributed by atoms with Gasteiger partial charge in [0, 0.05) is 32.0 Å². The van der Waals surface area contributed by atoms with Crippen molar-refractivity contribution in [3.8, 4) is 0 Å². The molecule has 1 heterocycles. The zero-order valence-electron chi connectivity index (χ0n) is 11.8. The minimum absolute atomic E-state index is 0.126. The van der Waals surface area contributed by atoms with E-state index >= 15 is 0 Å². The second-order valence-corrected chi connectivity index (χ2v) is 5.38. The van der Waals surface area contributed by atoms with E-state index in [-0.39, 0.29) is 24.9 Å². The van der Waals surface area contributed by atoms with E-state index in [1.165, 1.54) is 0 Å². The summed E-state index contributed by atoms with van der Waals surface area (Å²) in [5.74, 6) is -0.839. The van der Waals surface area contributed by atoms with Crippen molar-refractivity contribution in [2.45, 2.75) is 45.1 Å². The molecule has 1 aliphatic heterocycles. The van der Waals surface area contributed by atoms with Crippen LogP contribution in [0.2, 0.25) is 0 Å². The van der Waals surface area contributed by atoms with Crippen LogP contribution in [0.3, 0.4) is 0 Å². The largest absolute Gasteiger partial charge is 0.481 e. The lowest BCUT2D eigenvalue weighted by molar-refractivity contribution is -0.137. The highest BCUT2D eigenvalue weighted by Crippen LogP contribution is 2.21. The van der Waals surface area contributed by atoms with Gasteiger partial charge in [-0.15, -0.1) is 0 Å². The van der Waals surface area contributed by atoms with Crippen LogP contribution in [-0.4, -0.2) is 47.0 Å². The third kappa shape index (κ3) is 5.90. The van der Waals surface area contributed by atoms with E-state index in [1.807, 2.05) is 0 Å². The molecule has 0 aromatic carbocycles. The molecule has 20 heavy (non-hydrogen) atoms. The SMILES string of the molecule is CC(CC(N)=O)NC(=O)N1CCC(CCC(=O)O)CC1. The molecule has 1 unspecified atom stereocenters. The molecule has 1 aliphatic rings. The van der Waals surface area contributed by atoms with E-state index in [4.69, 9.17) is 10.8 Å². The molecule has 0 aromatic heterocycles. The maximum atomic E-state index is 11.9. The van der Waals surface area contributed by atoms with Gasteiger partial charge in [0.2, 0.25) is 5.91 Å².